The van der Waals surface area contributed by atoms with Crippen molar-refractivity contribution in [2.24, 2.45) is 7.05 Å². The quantitative estimate of drug-likeness (QED) is 0.748. The Bertz CT molecular complexity index is 339. The van der Waals surface area contributed by atoms with Gasteiger partial charge in [0.15, 0.2) is 5.69 Å². The number of carboxylic acids is 1. The minimum Gasteiger partial charge on any atom is -0.476 e. The molecule has 1 aliphatic rings. The van der Waals surface area contributed by atoms with Gasteiger partial charge in [0.1, 0.15) is 0 Å². The van der Waals surface area contributed by atoms with E-state index in [2.05, 4.69) is 5.10 Å². The Labute approximate surface area is 76.2 Å². The van der Waals surface area contributed by atoms with Crippen LogP contribution >= 0.6 is 0 Å². The van der Waals surface area contributed by atoms with Crippen LogP contribution in [0.3, 0.4) is 0 Å². The number of hydrogen-bond acceptors (Lipinski definition) is 2. The fraction of sp³-hybridized carbons (Fsp3) is 0.556. The first-order valence-corrected chi connectivity index (χ1v) is 4.45. The lowest BCUT2D eigenvalue weighted by atomic mass is 9.80. The minimum absolute atomic E-state index is 0.229. The molecule has 1 aromatic rings. The molecule has 0 amide bonds. The van der Waals surface area contributed by atoms with Crippen molar-refractivity contribution in [1.82, 2.24) is 9.78 Å². The van der Waals surface area contributed by atoms with E-state index in [0.717, 1.165) is 18.4 Å². The summed E-state index contributed by atoms with van der Waals surface area (Å²) in [5.41, 5.74) is 1.13. The Hall–Kier alpha value is -1.32. The van der Waals surface area contributed by atoms with Crippen LogP contribution in [0.5, 0.6) is 0 Å². The highest BCUT2D eigenvalue weighted by Gasteiger charge is 2.26. The number of hydrogen-bond donors (Lipinski definition) is 1. The lowest BCUT2D eigenvalue weighted by Crippen LogP contribution is -2.12. The van der Waals surface area contributed by atoms with Gasteiger partial charge in [-0.25, -0.2) is 4.79 Å². The molecular formula is C9H12N2O2. The van der Waals surface area contributed by atoms with E-state index in [0.29, 0.717) is 5.92 Å². The van der Waals surface area contributed by atoms with E-state index in [9.17, 15) is 4.79 Å². The maximum atomic E-state index is 10.8. The molecule has 1 N–H and O–H groups in total. The molecule has 1 fully saturated rings. The van der Waals surface area contributed by atoms with E-state index in [1.165, 1.54) is 6.42 Å². The summed E-state index contributed by atoms with van der Waals surface area (Å²) in [4.78, 5) is 10.8. The average Bonchev–Trinajstić information content (AvgIpc) is 2.27. The van der Waals surface area contributed by atoms with Crippen molar-refractivity contribution in [1.29, 1.82) is 0 Å². The van der Waals surface area contributed by atoms with Crippen LogP contribution in [0.15, 0.2) is 6.20 Å². The summed E-state index contributed by atoms with van der Waals surface area (Å²) < 4.78 is 1.58. The lowest BCUT2D eigenvalue weighted by molar-refractivity contribution is 0.0687. The second-order valence-corrected chi connectivity index (χ2v) is 3.54. The smallest absolute Gasteiger partial charge is 0.356 e. The summed E-state index contributed by atoms with van der Waals surface area (Å²) in [6.07, 6.45) is 5.24. The number of nitrogens with zero attached hydrogens (tertiary/aromatic N) is 2. The number of carbonyl (C=O) groups is 1. The highest BCUT2D eigenvalue weighted by Crippen LogP contribution is 2.37. The topological polar surface area (TPSA) is 55.1 Å². The molecular weight excluding hydrogens is 168 g/mol. The molecule has 4 nitrogen and oxygen atoms in total. The van der Waals surface area contributed by atoms with Crippen LogP contribution in [0, 0.1) is 0 Å². The summed E-state index contributed by atoms with van der Waals surface area (Å²) in [5.74, 6) is -0.484. The van der Waals surface area contributed by atoms with Crippen molar-refractivity contribution in [2.75, 3.05) is 0 Å². The fourth-order valence-corrected chi connectivity index (χ4v) is 1.69. The monoisotopic (exact) mass is 180 g/mol. The van der Waals surface area contributed by atoms with E-state index in [4.69, 9.17) is 5.11 Å². The first-order chi connectivity index (χ1) is 6.18. The Balaban J connectivity index is 2.36. The molecule has 0 aliphatic heterocycles. The third kappa shape index (κ3) is 1.32. The predicted molar refractivity (Wildman–Crippen MR) is 46.8 cm³/mol. The van der Waals surface area contributed by atoms with Gasteiger partial charge in [-0.1, -0.05) is 6.42 Å². The first kappa shape index (κ1) is 8.29. The van der Waals surface area contributed by atoms with Crippen molar-refractivity contribution in [3.63, 3.8) is 0 Å². The molecule has 2 rings (SSSR count). The highest BCUT2D eigenvalue weighted by molar-refractivity contribution is 5.87. The van der Waals surface area contributed by atoms with E-state index in [1.807, 2.05) is 6.20 Å². The van der Waals surface area contributed by atoms with Crippen molar-refractivity contribution in [2.45, 2.75) is 25.2 Å². The van der Waals surface area contributed by atoms with Crippen LogP contribution in [0.2, 0.25) is 0 Å². The molecule has 0 aromatic carbocycles. The molecule has 0 spiro atoms. The highest BCUT2D eigenvalue weighted by atomic mass is 16.4. The largest absolute Gasteiger partial charge is 0.476 e. The summed E-state index contributed by atoms with van der Waals surface area (Å²) in [6.45, 7) is 0. The normalized spacial score (nSPS) is 17.0. The number of aryl methyl sites for hydroxylation is 1. The van der Waals surface area contributed by atoms with Crippen molar-refractivity contribution < 1.29 is 9.90 Å². The zero-order valence-corrected chi connectivity index (χ0v) is 7.53. The molecule has 1 saturated carbocycles. The molecule has 1 heterocycles. The number of rotatable bonds is 2. The van der Waals surface area contributed by atoms with Gasteiger partial charge in [0, 0.05) is 18.8 Å². The number of aromatic nitrogens is 2. The molecule has 1 aliphatic carbocycles. The third-order valence-electron chi connectivity index (χ3n) is 2.60. The van der Waals surface area contributed by atoms with E-state index >= 15 is 0 Å². The summed E-state index contributed by atoms with van der Waals surface area (Å²) in [7, 11) is 1.76. The van der Waals surface area contributed by atoms with Crippen molar-refractivity contribution in [3.8, 4) is 0 Å². The standard InChI is InChI=1S/C9H12N2O2/c1-11-5-7(6-3-2-4-6)8(10-11)9(12)13/h5-6H,2-4H2,1H3,(H,12,13). The van der Waals surface area contributed by atoms with Gasteiger partial charge >= 0.3 is 5.97 Å². The fourth-order valence-electron chi connectivity index (χ4n) is 1.69. The van der Waals surface area contributed by atoms with Crippen molar-refractivity contribution in [3.05, 3.63) is 17.5 Å². The van der Waals surface area contributed by atoms with Gasteiger partial charge in [0.2, 0.25) is 0 Å². The first-order valence-electron chi connectivity index (χ1n) is 4.45. The lowest BCUT2D eigenvalue weighted by Gasteiger charge is -2.24. The van der Waals surface area contributed by atoms with E-state index < -0.39 is 5.97 Å². The zero-order valence-electron chi connectivity index (χ0n) is 7.53. The predicted octanol–water partition coefficient (Wildman–Crippen LogP) is 1.39. The number of carboxylic acid groups (broad SMARTS) is 1. The average molecular weight is 180 g/mol. The Morgan fingerprint density at radius 1 is 1.69 bits per heavy atom. The maximum absolute atomic E-state index is 10.8. The van der Waals surface area contributed by atoms with Crippen LogP contribution in [-0.2, 0) is 7.05 Å². The van der Waals surface area contributed by atoms with Gasteiger partial charge in [0.25, 0.3) is 0 Å². The van der Waals surface area contributed by atoms with Gasteiger partial charge in [-0.15, -0.1) is 0 Å². The van der Waals surface area contributed by atoms with Crippen LogP contribution < -0.4 is 0 Å². The molecule has 0 atom stereocenters. The maximum Gasteiger partial charge on any atom is 0.356 e. The van der Waals surface area contributed by atoms with Crippen LogP contribution in [0.1, 0.15) is 41.2 Å². The molecule has 1 aromatic heterocycles. The summed E-state index contributed by atoms with van der Waals surface area (Å²) in [5, 5.41) is 12.8. The zero-order chi connectivity index (χ0) is 9.42. The van der Waals surface area contributed by atoms with Crippen LogP contribution in [-0.4, -0.2) is 20.9 Å². The molecule has 13 heavy (non-hydrogen) atoms. The van der Waals surface area contributed by atoms with Gasteiger partial charge in [-0.05, 0) is 18.8 Å². The van der Waals surface area contributed by atoms with Gasteiger partial charge in [-0.2, -0.15) is 5.10 Å². The summed E-state index contributed by atoms with van der Waals surface area (Å²) in [6, 6.07) is 0. The molecule has 4 heteroatoms. The molecule has 0 radical (unpaired) electrons. The second kappa shape index (κ2) is 2.87. The van der Waals surface area contributed by atoms with E-state index in [1.54, 1.807) is 11.7 Å². The third-order valence-corrected chi connectivity index (χ3v) is 2.60. The second-order valence-electron chi connectivity index (χ2n) is 3.54. The Morgan fingerprint density at radius 3 is 2.85 bits per heavy atom. The van der Waals surface area contributed by atoms with Crippen LogP contribution in [0.25, 0.3) is 0 Å². The van der Waals surface area contributed by atoms with Gasteiger partial charge < -0.3 is 5.11 Å². The summed E-state index contributed by atoms with van der Waals surface area (Å²) >= 11 is 0. The SMILES string of the molecule is Cn1cc(C2CCC2)c(C(=O)O)n1. The van der Waals surface area contributed by atoms with Gasteiger partial charge in [-0.3, -0.25) is 4.68 Å². The number of aromatic carboxylic acids is 1. The minimum atomic E-state index is -0.914. The molecule has 0 unspecified atom stereocenters. The molecule has 0 saturated heterocycles. The molecule has 70 valence electrons. The van der Waals surface area contributed by atoms with E-state index in [-0.39, 0.29) is 5.69 Å². The Kier molecular flexibility index (Phi) is 1.83. The van der Waals surface area contributed by atoms with Crippen molar-refractivity contribution >= 4 is 5.97 Å². The van der Waals surface area contributed by atoms with Crippen LogP contribution in [0.4, 0.5) is 0 Å². The van der Waals surface area contributed by atoms with Gasteiger partial charge in [0.05, 0.1) is 0 Å². The Morgan fingerprint density at radius 2 is 2.38 bits per heavy atom. The molecule has 0 bridgehead atoms.